The summed E-state index contributed by atoms with van der Waals surface area (Å²) in [6.07, 6.45) is 8.01. The first-order chi connectivity index (χ1) is 9.69. The molecule has 0 aromatic heterocycles. The molecule has 1 aliphatic heterocycles. The zero-order valence-electron chi connectivity index (χ0n) is 13.7. The molecular formula is C18H29NO2. The van der Waals surface area contributed by atoms with Gasteiger partial charge in [0.1, 0.15) is 0 Å². The summed E-state index contributed by atoms with van der Waals surface area (Å²) in [6, 6.07) is 0. The number of aliphatic hydroxyl groups is 1. The topological polar surface area (TPSA) is 40.5 Å². The Morgan fingerprint density at radius 3 is 2.14 bits per heavy atom. The van der Waals surface area contributed by atoms with Crippen molar-refractivity contribution in [2.45, 2.75) is 71.3 Å². The number of amides is 1. The average molecular weight is 291 g/mol. The molecule has 2 unspecified atom stereocenters. The highest BCUT2D eigenvalue weighted by atomic mass is 16.3. The molecule has 1 N–H and O–H groups in total. The molecule has 4 bridgehead atoms. The van der Waals surface area contributed by atoms with Crippen LogP contribution in [0.4, 0.5) is 0 Å². The summed E-state index contributed by atoms with van der Waals surface area (Å²) >= 11 is 0. The normalized spacial score (nSPS) is 50.1. The van der Waals surface area contributed by atoms with Gasteiger partial charge in [-0.1, -0.05) is 20.8 Å². The summed E-state index contributed by atoms with van der Waals surface area (Å²) in [6.45, 7) is 7.95. The first kappa shape index (κ1) is 14.0. The van der Waals surface area contributed by atoms with Crippen LogP contribution in [0.1, 0.15) is 65.7 Å². The van der Waals surface area contributed by atoms with Crippen LogP contribution in [0.2, 0.25) is 0 Å². The van der Waals surface area contributed by atoms with Gasteiger partial charge in [-0.3, -0.25) is 4.79 Å². The maximum atomic E-state index is 13.2. The highest BCUT2D eigenvalue weighted by Gasteiger charge is 2.64. The van der Waals surface area contributed by atoms with E-state index in [4.69, 9.17) is 0 Å². The maximum absolute atomic E-state index is 13.2. The number of hydrogen-bond acceptors (Lipinski definition) is 2. The second kappa shape index (κ2) is 3.84. The predicted octanol–water partition coefficient (Wildman–Crippen LogP) is 2.97. The monoisotopic (exact) mass is 291 g/mol. The smallest absolute Gasteiger partial charge is 0.229 e. The van der Waals surface area contributed by atoms with Gasteiger partial charge in [0, 0.05) is 0 Å². The van der Waals surface area contributed by atoms with E-state index in [2.05, 4.69) is 13.8 Å². The van der Waals surface area contributed by atoms with Crippen LogP contribution < -0.4 is 0 Å². The summed E-state index contributed by atoms with van der Waals surface area (Å²) in [5.74, 6) is 1.12. The molecule has 21 heavy (non-hydrogen) atoms. The van der Waals surface area contributed by atoms with Gasteiger partial charge in [0.2, 0.25) is 5.91 Å². The minimum absolute atomic E-state index is 0.0992. The van der Waals surface area contributed by atoms with E-state index in [1.807, 2.05) is 11.8 Å². The largest absolute Gasteiger partial charge is 0.386 e. The molecule has 0 aromatic rings. The molecule has 5 fully saturated rings. The van der Waals surface area contributed by atoms with E-state index >= 15 is 0 Å². The lowest BCUT2D eigenvalue weighted by Crippen LogP contribution is -2.68. The molecule has 5 aliphatic rings. The molecule has 1 saturated heterocycles. The number of carbonyl (C=O) groups is 1. The number of rotatable bonds is 2. The molecular weight excluding hydrogens is 262 g/mol. The molecule has 1 heterocycles. The minimum atomic E-state index is -0.605. The van der Waals surface area contributed by atoms with Gasteiger partial charge in [0.05, 0.1) is 24.1 Å². The van der Waals surface area contributed by atoms with Crippen LogP contribution in [-0.4, -0.2) is 34.6 Å². The Kier molecular flexibility index (Phi) is 2.57. The number of nitrogens with zero attached hydrogens (tertiary/aromatic N) is 1. The molecule has 0 radical (unpaired) electrons. The minimum Gasteiger partial charge on any atom is -0.386 e. The van der Waals surface area contributed by atoms with Gasteiger partial charge < -0.3 is 10.0 Å². The predicted molar refractivity (Wildman–Crippen MR) is 81.7 cm³/mol. The molecule has 0 spiro atoms. The van der Waals surface area contributed by atoms with Gasteiger partial charge in [0.15, 0.2) is 0 Å². The van der Waals surface area contributed by atoms with Crippen LogP contribution in [-0.2, 0) is 4.79 Å². The van der Waals surface area contributed by atoms with Crippen molar-refractivity contribution < 1.29 is 9.90 Å². The van der Waals surface area contributed by atoms with Gasteiger partial charge in [-0.2, -0.15) is 0 Å². The Morgan fingerprint density at radius 1 is 1.10 bits per heavy atom. The Labute approximate surface area is 128 Å². The van der Waals surface area contributed by atoms with Crippen LogP contribution in [0, 0.1) is 22.2 Å². The Morgan fingerprint density at radius 2 is 1.67 bits per heavy atom. The summed E-state index contributed by atoms with van der Waals surface area (Å²) in [5, 5.41) is 10.2. The van der Waals surface area contributed by atoms with E-state index in [-0.39, 0.29) is 5.41 Å². The highest BCUT2D eigenvalue weighted by molar-refractivity contribution is 5.84. The van der Waals surface area contributed by atoms with Gasteiger partial charge in [-0.25, -0.2) is 0 Å². The quantitative estimate of drug-likeness (QED) is 0.849. The second-order valence-electron chi connectivity index (χ2n) is 9.65. The number of carbonyl (C=O) groups excluding carboxylic acids is 1. The summed E-state index contributed by atoms with van der Waals surface area (Å²) in [5.41, 5.74) is 0.0647. The van der Waals surface area contributed by atoms with Crippen molar-refractivity contribution in [1.82, 2.24) is 4.90 Å². The molecule has 4 aliphatic carbocycles. The van der Waals surface area contributed by atoms with Crippen molar-refractivity contribution in [3.8, 4) is 0 Å². The lowest BCUT2D eigenvalue weighted by Gasteiger charge is -2.66. The fourth-order valence-corrected chi connectivity index (χ4v) is 7.05. The van der Waals surface area contributed by atoms with Gasteiger partial charge in [0.25, 0.3) is 0 Å². The van der Waals surface area contributed by atoms with Crippen molar-refractivity contribution in [1.29, 1.82) is 0 Å². The van der Waals surface area contributed by atoms with Crippen molar-refractivity contribution in [2.75, 3.05) is 13.1 Å². The summed E-state index contributed by atoms with van der Waals surface area (Å²) in [4.78, 5) is 15.1. The van der Waals surface area contributed by atoms with Crippen LogP contribution >= 0.6 is 0 Å². The van der Waals surface area contributed by atoms with E-state index in [0.717, 1.165) is 31.6 Å². The van der Waals surface area contributed by atoms with Crippen molar-refractivity contribution in [2.24, 2.45) is 22.2 Å². The van der Waals surface area contributed by atoms with E-state index in [1.165, 1.54) is 19.3 Å². The Balaban J connectivity index is 1.59. The van der Waals surface area contributed by atoms with E-state index in [9.17, 15) is 9.90 Å². The van der Waals surface area contributed by atoms with Crippen molar-refractivity contribution in [3.05, 3.63) is 0 Å². The van der Waals surface area contributed by atoms with Gasteiger partial charge >= 0.3 is 0 Å². The maximum Gasteiger partial charge on any atom is 0.229 e. The van der Waals surface area contributed by atoms with Crippen LogP contribution in [0.3, 0.4) is 0 Å². The third kappa shape index (κ3) is 1.92. The lowest BCUT2D eigenvalue weighted by molar-refractivity contribution is -0.195. The zero-order chi connectivity index (χ0) is 15.1. The van der Waals surface area contributed by atoms with E-state index in [1.54, 1.807) is 0 Å². The first-order valence-corrected chi connectivity index (χ1v) is 8.71. The number of likely N-dealkylation sites (tertiary alicyclic amines) is 1. The van der Waals surface area contributed by atoms with Crippen molar-refractivity contribution >= 4 is 5.91 Å². The number of hydrogen-bond donors (Lipinski definition) is 1. The van der Waals surface area contributed by atoms with Gasteiger partial charge in [-0.15, -0.1) is 0 Å². The molecule has 4 saturated carbocycles. The van der Waals surface area contributed by atoms with Crippen LogP contribution in [0.15, 0.2) is 0 Å². The third-order valence-corrected chi connectivity index (χ3v) is 7.00. The second-order valence-corrected chi connectivity index (χ2v) is 9.65. The summed E-state index contributed by atoms with van der Waals surface area (Å²) < 4.78 is 0. The zero-order valence-corrected chi connectivity index (χ0v) is 13.7. The Hall–Kier alpha value is -0.570. The third-order valence-electron chi connectivity index (χ3n) is 7.00. The molecule has 118 valence electrons. The lowest BCUT2D eigenvalue weighted by atomic mass is 9.40. The number of β-amino-alcohol motifs (C(OH)–C–C–N with tert-alkyl or cyclic N) is 1. The van der Waals surface area contributed by atoms with Crippen LogP contribution in [0.5, 0.6) is 0 Å². The molecule has 5 rings (SSSR count). The van der Waals surface area contributed by atoms with E-state index in [0.29, 0.717) is 29.8 Å². The fourth-order valence-electron chi connectivity index (χ4n) is 7.05. The van der Waals surface area contributed by atoms with Crippen molar-refractivity contribution in [3.63, 3.8) is 0 Å². The van der Waals surface area contributed by atoms with Gasteiger partial charge in [-0.05, 0) is 61.7 Å². The van der Waals surface area contributed by atoms with E-state index < -0.39 is 5.60 Å². The molecule has 3 nitrogen and oxygen atoms in total. The Bertz CT molecular complexity index is 475. The summed E-state index contributed by atoms with van der Waals surface area (Å²) in [7, 11) is 0. The SMILES string of the molecule is CCC1(O)CN(C(=O)C23CC4CC(C)(CC(C)(C4)C2)C3)C1. The average Bonchev–Trinajstić information content (AvgIpc) is 2.29. The standard InChI is InChI=1S/C18H29NO2/c1-4-18(21)11-19(12-18)14(20)17-7-13-5-15(2,9-17)8-16(3,6-13)10-17/h13,21H,4-12H2,1-3H3. The molecule has 0 aromatic carbocycles. The first-order valence-electron chi connectivity index (χ1n) is 8.71. The fraction of sp³-hybridized carbons (Fsp3) is 0.944. The molecule has 1 amide bonds. The highest BCUT2D eigenvalue weighted by Crippen LogP contribution is 2.70. The van der Waals surface area contributed by atoms with Crippen LogP contribution in [0.25, 0.3) is 0 Å². The molecule has 2 atom stereocenters. The molecule has 3 heteroatoms.